The smallest absolute Gasteiger partial charge is 0.321 e. The zero-order valence-electron chi connectivity index (χ0n) is 17.6. The molecule has 0 saturated carbocycles. The maximum atomic E-state index is 12.3. The number of rotatable bonds is 7. The van der Waals surface area contributed by atoms with Crippen LogP contribution in [0.3, 0.4) is 0 Å². The van der Waals surface area contributed by atoms with Crippen LogP contribution < -0.4 is 10.6 Å². The number of halogens is 1. The van der Waals surface area contributed by atoms with Gasteiger partial charge in [-0.05, 0) is 62.4 Å². The number of likely N-dealkylation sites (N-methyl/N-ethyl adjacent to an activating group) is 1. The lowest BCUT2D eigenvalue weighted by molar-refractivity contribution is 0.0943. The van der Waals surface area contributed by atoms with Crippen LogP contribution >= 0.6 is 11.6 Å². The Labute approximate surface area is 185 Å². The highest BCUT2D eigenvalue weighted by Gasteiger charge is 2.14. The molecule has 0 spiro atoms. The van der Waals surface area contributed by atoms with Crippen molar-refractivity contribution in [2.75, 3.05) is 18.9 Å². The van der Waals surface area contributed by atoms with Crippen LogP contribution in [0.4, 0.5) is 10.5 Å². The fourth-order valence-electron chi connectivity index (χ4n) is 2.70. The van der Waals surface area contributed by atoms with Crippen molar-refractivity contribution in [2.24, 2.45) is 0 Å². The van der Waals surface area contributed by atoms with Gasteiger partial charge in [-0.1, -0.05) is 16.8 Å². The third-order valence-corrected chi connectivity index (χ3v) is 4.65. The van der Waals surface area contributed by atoms with Crippen molar-refractivity contribution < 1.29 is 14.1 Å². The van der Waals surface area contributed by atoms with E-state index >= 15 is 0 Å². The van der Waals surface area contributed by atoms with Gasteiger partial charge in [-0.2, -0.15) is 4.98 Å². The van der Waals surface area contributed by atoms with Gasteiger partial charge >= 0.3 is 6.03 Å². The number of urea groups is 1. The molecule has 3 aromatic rings. The first-order chi connectivity index (χ1) is 14.8. The van der Waals surface area contributed by atoms with Gasteiger partial charge in [0.05, 0.1) is 0 Å². The van der Waals surface area contributed by atoms with Crippen LogP contribution in [-0.2, 0) is 6.42 Å². The summed E-state index contributed by atoms with van der Waals surface area (Å²) in [5, 5.41) is 10.2. The lowest BCUT2D eigenvalue weighted by Crippen LogP contribution is -2.33. The molecule has 2 N–H and O–H groups in total. The van der Waals surface area contributed by atoms with Gasteiger partial charge in [-0.3, -0.25) is 4.79 Å². The molecular formula is C22H24ClN5O3. The van der Waals surface area contributed by atoms with E-state index in [9.17, 15) is 9.59 Å². The summed E-state index contributed by atoms with van der Waals surface area (Å²) in [7, 11) is 1.69. The number of aromatic nitrogens is 2. The molecule has 0 aliphatic carbocycles. The van der Waals surface area contributed by atoms with Gasteiger partial charge in [-0.15, -0.1) is 0 Å². The molecule has 0 bridgehead atoms. The number of hydrogen-bond donors (Lipinski definition) is 2. The Morgan fingerprint density at radius 2 is 1.77 bits per heavy atom. The quantitative estimate of drug-likeness (QED) is 0.571. The van der Waals surface area contributed by atoms with Gasteiger partial charge in [-0.25, -0.2) is 4.79 Å². The van der Waals surface area contributed by atoms with Crippen LogP contribution in [-0.4, -0.2) is 46.6 Å². The topological polar surface area (TPSA) is 100 Å². The second kappa shape index (κ2) is 10.1. The lowest BCUT2D eigenvalue weighted by atomic mass is 10.1. The van der Waals surface area contributed by atoms with Crippen molar-refractivity contribution in [3.63, 3.8) is 0 Å². The zero-order chi connectivity index (χ0) is 22.4. The summed E-state index contributed by atoms with van der Waals surface area (Å²) in [4.78, 5) is 30.2. The number of nitrogens with zero attached hydrogens (tertiary/aromatic N) is 3. The number of nitrogens with one attached hydrogen (secondary N) is 2. The Balaban J connectivity index is 1.54. The number of hydrogen-bond acceptors (Lipinski definition) is 5. The van der Waals surface area contributed by atoms with E-state index in [0.29, 0.717) is 46.5 Å². The SMILES string of the molecule is CC(C)NC(=O)c1ccc(-c2nc(CCN(C)C(=O)Nc3ccc(Cl)cc3)no2)cc1. The van der Waals surface area contributed by atoms with Gasteiger partial charge in [0.1, 0.15) is 0 Å². The van der Waals surface area contributed by atoms with E-state index < -0.39 is 0 Å². The molecule has 1 heterocycles. The van der Waals surface area contributed by atoms with Crippen LogP contribution in [0.2, 0.25) is 5.02 Å². The van der Waals surface area contributed by atoms with E-state index in [1.807, 2.05) is 13.8 Å². The molecule has 0 aliphatic rings. The Kier molecular flexibility index (Phi) is 7.25. The number of carbonyl (C=O) groups excluding carboxylic acids is 2. The van der Waals surface area contributed by atoms with Gasteiger partial charge in [0, 0.05) is 47.9 Å². The second-order valence-electron chi connectivity index (χ2n) is 7.33. The normalized spacial score (nSPS) is 10.7. The summed E-state index contributed by atoms with van der Waals surface area (Å²) in [6.07, 6.45) is 0.433. The predicted octanol–water partition coefficient (Wildman–Crippen LogP) is 4.23. The predicted molar refractivity (Wildman–Crippen MR) is 119 cm³/mol. The van der Waals surface area contributed by atoms with E-state index in [2.05, 4.69) is 20.8 Å². The molecule has 0 unspecified atom stereocenters. The van der Waals surface area contributed by atoms with Gasteiger partial charge < -0.3 is 20.1 Å². The highest BCUT2D eigenvalue weighted by atomic mass is 35.5. The minimum Gasteiger partial charge on any atom is -0.350 e. The Bertz CT molecular complexity index is 1030. The first kappa shape index (κ1) is 22.3. The standard InChI is InChI=1S/C22H24ClN5O3/c1-14(2)24-20(29)15-4-6-16(7-5-15)21-26-19(27-31-21)12-13-28(3)22(30)25-18-10-8-17(23)9-11-18/h4-11,14H,12-13H2,1-3H3,(H,24,29)(H,25,30). The molecule has 3 rings (SSSR count). The van der Waals surface area contributed by atoms with Crippen molar-refractivity contribution in [3.05, 3.63) is 64.9 Å². The maximum Gasteiger partial charge on any atom is 0.321 e. The molecule has 0 saturated heterocycles. The fourth-order valence-corrected chi connectivity index (χ4v) is 2.83. The molecule has 31 heavy (non-hydrogen) atoms. The minimum atomic E-state index is -0.249. The second-order valence-corrected chi connectivity index (χ2v) is 7.77. The average Bonchev–Trinajstić information content (AvgIpc) is 3.22. The maximum absolute atomic E-state index is 12.3. The summed E-state index contributed by atoms with van der Waals surface area (Å²) < 4.78 is 5.32. The summed E-state index contributed by atoms with van der Waals surface area (Å²) in [5.41, 5.74) is 1.94. The van der Waals surface area contributed by atoms with Crippen molar-refractivity contribution in [1.29, 1.82) is 0 Å². The van der Waals surface area contributed by atoms with E-state index in [0.717, 1.165) is 0 Å². The molecule has 2 aromatic carbocycles. The van der Waals surface area contributed by atoms with Crippen LogP contribution in [0.25, 0.3) is 11.5 Å². The first-order valence-corrected chi connectivity index (χ1v) is 10.2. The molecule has 0 radical (unpaired) electrons. The third-order valence-electron chi connectivity index (χ3n) is 4.39. The molecule has 0 aliphatic heterocycles. The summed E-state index contributed by atoms with van der Waals surface area (Å²) in [6.45, 7) is 4.22. The van der Waals surface area contributed by atoms with Gasteiger partial charge in [0.25, 0.3) is 11.8 Å². The summed E-state index contributed by atoms with van der Waals surface area (Å²) in [6, 6.07) is 13.7. The number of benzene rings is 2. The number of anilines is 1. The highest BCUT2D eigenvalue weighted by molar-refractivity contribution is 6.30. The van der Waals surface area contributed by atoms with Crippen molar-refractivity contribution in [2.45, 2.75) is 26.3 Å². The molecule has 1 aromatic heterocycles. The van der Waals surface area contributed by atoms with Crippen LogP contribution in [0, 0.1) is 0 Å². The van der Waals surface area contributed by atoms with E-state index in [1.54, 1.807) is 55.6 Å². The Hall–Kier alpha value is -3.39. The van der Waals surface area contributed by atoms with Crippen LogP contribution in [0.1, 0.15) is 30.0 Å². The number of amides is 3. The molecule has 8 nitrogen and oxygen atoms in total. The van der Waals surface area contributed by atoms with Crippen LogP contribution in [0.5, 0.6) is 0 Å². The molecular weight excluding hydrogens is 418 g/mol. The van der Waals surface area contributed by atoms with Crippen molar-refractivity contribution >= 4 is 29.2 Å². The van der Waals surface area contributed by atoms with E-state index in [-0.39, 0.29) is 18.0 Å². The summed E-state index contributed by atoms with van der Waals surface area (Å²) in [5.74, 6) is 0.717. The molecule has 162 valence electrons. The highest BCUT2D eigenvalue weighted by Crippen LogP contribution is 2.18. The Morgan fingerprint density at radius 1 is 1.10 bits per heavy atom. The lowest BCUT2D eigenvalue weighted by Gasteiger charge is -2.17. The molecule has 9 heteroatoms. The molecule has 0 fully saturated rings. The largest absolute Gasteiger partial charge is 0.350 e. The Morgan fingerprint density at radius 3 is 2.42 bits per heavy atom. The minimum absolute atomic E-state index is 0.0667. The fraction of sp³-hybridized carbons (Fsp3) is 0.273. The first-order valence-electron chi connectivity index (χ1n) is 9.83. The van der Waals surface area contributed by atoms with Crippen molar-refractivity contribution in [1.82, 2.24) is 20.4 Å². The average molecular weight is 442 g/mol. The monoisotopic (exact) mass is 441 g/mol. The number of carbonyl (C=O) groups is 2. The van der Waals surface area contributed by atoms with Crippen molar-refractivity contribution in [3.8, 4) is 11.5 Å². The molecule has 3 amide bonds. The van der Waals surface area contributed by atoms with Crippen LogP contribution in [0.15, 0.2) is 53.1 Å². The van der Waals surface area contributed by atoms with E-state index in [4.69, 9.17) is 16.1 Å². The summed E-state index contributed by atoms with van der Waals surface area (Å²) >= 11 is 5.85. The third kappa shape index (κ3) is 6.29. The van der Waals surface area contributed by atoms with Gasteiger partial charge in [0.15, 0.2) is 5.82 Å². The molecule has 0 atom stereocenters. The van der Waals surface area contributed by atoms with Gasteiger partial charge in [0.2, 0.25) is 0 Å². The zero-order valence-corrected chi connectivity index (χ0v) is 18.3. The van der Waals surface area contributed by atoms with E-state index in [1.165, 1.54) is 4.90 Å².